The monoisotopic (exact) mass is 343 g/mol. The number of rotatable bonds is 4. The van der Waals surface area contributed by atoms with E-state index in [2.05, 4.69) is 31.5 Å². The van der Waals surface area contributed by atoms with Gasteiger partial charge in [-0.15, -0.1) is 16.9 Å². The average molecular weight is 344 g/mol. The molecule has 1 aromatic heterocycles. The molecule has 0 N–H and O–H groups in total. The van der Waals surface area contributed by atoms with Crippen molar-refractivity contribution in [3.63, 3.8) is 0 Å². The molecule has 0 radical (unpaired) electrons. The van der Waals surface area contributed by atoms with Crippen LogP contribution in [0, 0.1) is 10.1 Å². The molecule has 2 aromatic rings. The summed E-state index contributed by atoms with van der Waals surface area (Å²) in [7, 11) is 1.74. The Bertz CT molecular complexity index is 618. The van der Waals surface area contributed by atoms with Crippen LogP contribution in [-0.4, -0.2) is 25.1 Å². The molecular weight excluding hydrogens is 334 g/mol. The maximum atomic E-state index is 11.0. The Balaban J connectivity index is 2.29. The number of nitro groups is 1. The van der Waals surface area contributed by atoms with Crippen LogP contribution in [0.4, 0.5) is 5.69 Å². The number of halogens is 1. The van der Waals surface area contributed by atoms with Crippen molar-refractivity contribution in [1.82, 2.24) is 20.2 Å². The SMILES string of the molecule is C[C@H](Sc1ccc(Br)cc1[N+](=O)[O-])c1nnnn1C. The molecule has 0 aliphatic heterocycles. The van der Waals surface area contributed by atoms with Crippen LogP contribution < -0.4 is 0 Å². The highest BCUT2D eigenvalue weighted by Gasteiger charge is 2.20. The van der Waals surface area contributed by atoms with Gasteiger partial charge in [-0.25, -0.2) is 4.68 Å². The fraction of sp³-hybridized carbons (Fsp3) is 0.300. The first-order chi connectivity index (χ1) is 8.99. The molecule has 0 spiro atoms. The lowest BCUT2D eigenvalue weighted by molar-refractivity contribution is -0.387. The number of hydrogen-bond donors (Lipinski definition) is 0. The molecule has 1 atom stereocenters. The smallest absolute Gasteiger partial charge is 0.258 e. The Labute approximate surface area is 121 Å². The van der Waals surface area contributed by atoms with Crippen LogP contribution in [0.25, 0.3) is 0 Å². The minimum Gasteiger partial charge on any atom is -0.258 e. The van der Waals surface area contributed by atoms with Crippen molar-refractivity contribution in [3.8, 4) is 0 Å². The number of aryl methyl sites for hydroxylation is 1. The second-order valence-electron chi connectivity index (χ2n) is 3.79. The van der Waals surface area contributed by atoms with E-state index in [4.69, 9.17) is 0 Å². The molecule has 9 heteroatoms. The molecule has 0 aliphatic carbocycles. The summed E-state index contributed by atoms with van der Waals surface area (Å²) in [6, 6.07) is 4.98. The molecule has 19 heavy (non-hydrogen) atoms. The van der Waals surface area contributed by atoms with Crippen LogP contribution in [0.1, 0.15) is 18.0 Å². The van der Waals surface area contributed by atoms with Gasteiger partial charge in [0.15, 0.2) is 5.82 Å². The van der Waals surface area contributed by atoms with Crippen molar-refractivity contribution >= 4 is 33.4 Å². The Morgan fingerprint density at radius 3 is 2.84 bits per heavy atom. The maximum Gasteiger partial charge on any atom is 0.284 e. The van der Waals surface area contributed by atoms with E-state index in [-0.39, 0.29) is 10.9 Å². The number of aromatic nitrogens is 4. The first-order valence-electron chi connectivity index (χ1n) is 5.32. The molecule has 2 rings (SSSR count). The Morgan fingerprint density at radius 1 is 1.53 bits per heavy atom. The van der Waals surface area contributed by atoms with Gasteiger partial charge in [-0.1, -0.05) is 15.9 Å². The lowest BCUT2D eigenvalue weighted by Gasteiger charge is -2.09. The van der Waals surface area contributed by atoms with Crippen LogP contribution in [0.3, 0.4) is 0 Å². The zero-order valence-electron chi connectivity index (χ0n) is 10.1. The van der Waals surface area contributed by atoms with Gasteiger partial charge in [0.1, 0.15) is 0 Å². The van der Waals surface area contributed by atoms with Gasteiger partial charge >= 0.3 is 0 Å². The largest absolute Gasteiger partial charge is 0.284 e. The van der Waals surface area contributed by atoms with Gasteiger partial charge in [-0.05, 0) is 29.5 Å². The molecule has 1 heterocycles. The second kappa shape index (κ2) is 5.66. The molecular formula is C10H10BrN5O2S. The highest BCUT2D eigenvalue weighted by Crippen LogP contribution is 2.39. The van der Waals surface area contributed by atoms with Gasteiger partial charge in [-0.3, -0.25) is 10.1 Å². The first kappa shape index (κ1) is 13.9. The summed E-state index contributed by atoms with van der Waals surface area (Å²) in [5.74, 6) is 0.669. The molecule has 0 saturated heterocycles. The minimum absolute atomic E-state index is 0.0707. The predicted molar refractivity (Wildman–Crippen MR) is 73.9 cm³/mol. The fourth-order valence-corrected chi connectivity index (χ4v) is 2.99. The van der Waals surface area contributed by atoms with E-state index >= 15 is 0 Å². The molecule has 0 bridgehead atoms. The molecule has 0 saturated carbocycles. The van der Waals surface area contributed by atoms with Crippen molar-refractivity contribution in [2.75, 3.05) is 0 Å². The van der Waals surface area contributed by atoms with E-state index in [1.807, 2.05) is 6.92 Å². The third kappa shape index (κ3) is 3.10. The highest BCUT2D eigenvalue weighted by molar-refractivity contribution is 9.10. The third-order valence-electron chi connectivity index (χ3n) is 2.44. The zero-order valence-corrected chi connectivity index (χ0v) is 12.6. The number of tetrazole rings is 1. The van der Waals surface area contributed by atoms with Crippen molar-refractivity contribution in [2.24, 2.45) is 7.05 Å². The van der Waals surface area contributed by atoms with Crippen LogP contribution in [-0.2, 0) is 7.05 Å². The van der Waals surface area contributed by atoms with Crippen molar-refractivity contribution < 1.29 is 4.92 Å². The van der Waals surface area contributed by atoms with Gasteiger partial charge in [0.2, 0.25) is 0 Å². The zero-order chi connectivity index (χ0) is 14.0. The second-order valence-corrected chi connectivity index (χ2v) is 6.09. The summed E-state index contributed by atoms with van der Waals surface area (Å²) in [5.41, 5.74) is 0.0707. The van der Waals surface area contributed by atoms with Crippen LogP contribution in [0.5, 0.6) is 0 Å². The van der Waals surface area contributed by atoms with Gasteiger partial charge in [0.05, 0.1) is 15.1 Å². The molecule has 0 fully saturated rings. The Kier molecular flexibility index (Phi) is 4.15. The average Bonchev–Trinajstić information content (AvgIpc) is 2.77. The van der Waals surface area contributed by atoms with Crippen molar-refractivity contribution in [1.29, 1.82) is 0 Å². The quantitative estimate of drug-likeness (QED) is 0.481. The van der Waals surface area contributed by atoms with E-state index in [0.29, 0.717) is 15.2 Å². The van der Waals surface area contributed by atoms with Gasteiger partial charge in [0.25, 0.3) is 5.69 Å². The summed E-state index contributed by atoms with van der Waals surface area (Å²) in [6.07, 6.45) is 0. The highest BCUT2D eigenvalue weighted by atomic mass is 79.9. The van der Waals surface area contributed by atoms with Crippen LogP contribution in [0.2, 0.25) is 0 Å². The van der Waals surface area contributed by atoms with E-state index in [1.54, 1.807) is 23.9 Å². The van der Waals surface area contributed by atoms with Crippen molar-refractivity contribution in [3.05, 3.63) is 38.6 Å². The summed E-state index contributed by atoms with van der Waals surface area (Å²) in [4.78, 5) is 11.2. The molecule has 0 aliphatic rings. The van der Waals surface area contributed by atoms with Gasteiger partial charge < -0.3 is 0 Å². The summed E-state index contributed by atoms with van der Waals surface area (Å²) in [5, 5.41) is 22.2. The lowest BCUT2D eigenvalue weighted by Crippen LogP contribution is -2.02. The Morgan fingerprint density at radius 2 is 2.26 bits per heavy atom. The Hall–Kier alpha value is -1.48. The standard InChI is InChI=1S/C10H10BrN5O2S/c1-6(10-12-13-14-15(10)2)19-9-4-3-7(11)5-8(9)16(17)18/h3-6H,1-2H3/t6-/m0/s1. The number of thioether (sulfide) groups is 1. The summed E-state index contributed by atoms with van der Waals surface area (Å²) >= 11 is 4.58. The number of benzene rings is 1. The molecule has 0 amide bonds. The van der Waals surface area contributed by atoms with Crippen LogP contribution in [0.15, 0.2) is 27.6 Å². The topological polar surface area (TPSA) is 86.7 Å². The molecule has 7 nitrogen and oxygen atoms in total. The molecule has 1 aromatic carbocycles. The number of hydrogen-bond acceptors (Lipinski definition) is 6. The van der Waals surface area contributed by atoms with E-state index in [0.717, 1.165) is 0 Å². The maximum absolute atomic E-state index is 11.0. The summed E-state index contributed by atoms with van der Waals surface area (Å²) in [6.45, 7) is 1.90. The van der Waals surface area contributed by atoms with Crippen LogP contribution >= 0.6 is 27.7 Å². The third-order valence-corrected chi connectivity index (χ3v) is 4.09. The minimum atomic E-state index is -0.394. The van der Waals surface area contributed by atoms with Gasteiger partial charge in [-0.2, -0.15) is 0 Å². The van der Waals surface area contributed by atoms with E-state index < -0.39 is 4.92 Å². The van der Waals surface area contributed by atoms with Gasteiger partial charge in [0, 0.05) is 17.6 Å². The first-order valence-corrected chi connectivity index (χ1v) is 6.99. The molecule has 100 valence electrons. The molecule has 0 unspecified atom stereocenters. The van der Waals surface area contributed by atoms with E-state index in [1.165, 1.54) is 17.8 Å². The number of nitrogens with zero attached hydrogens (tertiary/aromatic N) is 5. The number of nitro benzene ring substituents is 1. The summed E-state index contributed by atoms with van der Waals surface area (Å²) < 4.78 is 2.24. The fourth-order valence-electron chi connectivity index (χ4n) is 1.56. The normalized spacial score (nSPS) is 12.4. The van der Waals surface area contributed by atoms with E-state index in [9.17, 15) is 10.1 Å². The lowest BCUT2D eigenvalue weighted by atomic mass is 10.3. The van der Waals surface area contributed by atoms with Crippen molar-refractivity contribution in [2.45, 2.75) is 17.1 Å². The predicted octanol–water partition coefficient (Wildman–Crippen LogP) is 2.73.